The molecule has 0 aliphatic carbocycles. The topological polar surface area (TPSA) is 43.2 Å². The van der Waals surface area contributed by atoms with Crippen LogP contribution in [-0.2, 0) is 22.3 Å². The van der Waals surface area contributed by atoms with Gasteiger partial charge in [-0.1, -0.05) is 60.7 Å². The molecule has 2 aliphatic rings. The summed E-state index contributed by atoms with van der Waals surface area (Å²) in [6, 6.07) is 21.1. The third-order valence-corrected chi connectivity index (χ3v) is 6.48. The van der Waals surface area contributed by atoms with Gasteiger partial charge in [-0.2, -0.15) is 0 Å². The highest BCUT2D eigenvalue weighted by atomic mass is 16.5. The predicted octanol–water partition coefficient (Wildman–Crippen LogP) is 5.65. The van der Waals surface area contributed by atoms with Crippen LogP contribution < -0.4 is 0 Å². The number of ether oxygens (including phenoxy) is 2. The van der Waals surface area contributed by atoms with Crippen LogP contribution in [0, 0.1) is 5.41 Å². The molecule has 0 aromatic heterocycles. The lowest BCUT2D eigenvalue weighted by Crippen LogP contribution is -2.41. The van der Waals surface area contributed by atoms with Crippen molar-refractivity contribution < 1.29 is 9.47 Å². The SMILES string of the molecule is CC(C)(C1=N[C@@H](Cc2ccccc2)C(C)(C)O1)C1=N[C@@H](Cc2ccccc2)C(C)(C)O1. The lowest BCUT2D eigenvalue weighted by Gasteiger charge is -2.30. The van der Waals surface area contributed by atoms with E-state index in [1.54, 1.807) is 0 Å². The molecule has 4 nitrogen and oxygen atoms in total. The fourth-order valence-electron chi connectivity index (χ4n) is 4.21. The van der Waals surface area contributed by atoms with Crippen LogP contribution in [0.25, 0.3) is 0 Å². The van der Waals surface area contributed by atoms with E-state index in [-0.39, 0.29) is 23.3 Å². The molecular formula is C27H34N2O2. The molecule has 0 bridgehead atoms. The first kappa shape index (κ1) is 21.6. The van der Waals surface area contributed by atoms with Crippen LogP contribution in [0.2, 0.25) is 0 Å². The zero-order valence-electron chi connectivity index (χ0n) is 19.6. The third-order valence-electron chi connectivity index (χ3n) is 6.48. The van der Waals surface area contributed by atoms with E-state index < -0.39 is 5.41 Å². The van der Waals surface area contributed by atoms with Gasteiger partial charge < -0.3 is 9.47 Å². The van der Waals surface area contributed by atoms with Gasteiger partial charge in [0.05, 0.1) is 12.1 Å². The molecule has 2 aromatic rings. The van der Waals surface area contributed by atoms with Crippen molar-refractivity contribution in [2.24, 2.45) is 15.4 Å². The first-order chi connectivity index (χ1) is 14.6. The quantitative estimate of drug-likeness (QED) is 0.608. The van der Waals surface area contributed by atoms with Gasteiger partial charge in [0.1, 0.15) is 16.6 Å². The minimum atomic E-state index is -0.522. The van der Waals surface area contributed by atoms with Gasteiger partial charge in [0.15, 0.2) is 11.8 Å². The Kier molecular flexibility index (Phi) is 5.45. The molecule has 2 aromatic carbocycles. The lowest BCUT2D eigenvalue weighted by molar-refractivity contribution is 0.0734. The van der Waals surface area contributed by atoms with Crippen molar-refractivity contribution in [3.05, 3.63) is 71.8 Å². The molecule has 0 fully saturated rings. The second-order valence-electron chi connectivity index (χ2n) is 10.3. The maximum atomic E-state index is 6.42. The fraction of sp³-hybridized carbons (Fsp3) is 0.481. The summed E-state index contributed by atoms with van der Waals surface area (Å²) in [5, 5.41) is 0. The zero-order chi connectivity index (χ0) is 22.3. The third kappa shape index (κ3) is 4.39. The first-order valence-electron chi connectivity index (χ1n) is 11.2. The van der Waals surface area contributed by atoms with E-state index in [0.29, 0.717) is 11.8 Å². The van der Waals surface area contributed by atoms with Crippen LogP contribution in [0.4, 0.5) is 0 Å². The van der Waals surface area contributed by atoms with Crippen LogP contribution in [-0.4, -0.2) is 35.1 Å². The molecule has 0 spiro atoms. The second kappa shape index (κ2) is 7.81. The van der Waals surface area contributed by atoms with Crippen LogP contribution in [0.3, 0.4) is 0 Å². The highest BCUT2D eigenvalue weighted by Gasteiger charge is 2.50. The minimum Gasteiger partial charge on any atom is -0.472 e. The molecule has 0 N–H and O–H groups in total. The molecule has 0 radical (unpaired) electrons. The molecule has 2 atom stereocenters. The van der Waals surface area contributed by atoms with Crippen LogP contribution in [0.1, 0.15) is 52.7 Å². The molecule has 0 amide bonds. The van der Waals surface area contributed by atoms with Crippen molar-refractivity contribution in [1.82, 2.24) is 0 Å². The molecule has 0 unspecified atom stereocenters. The largest absolute Gasteiger partial charge is 0.472 e. The van der Waals surface area contributed by atoms with Gasteiger partial charge in [0.2, 0.25) is 0 Å². The molecule has 164 valence electrons. The number of hydrogen-bond acceptors (Lipinski definition) is 4. The maximum Gasteiger partial charge on any atom is 0.199 e. The molecular weight excluding hydrogens is 384 g/mol. The van der Waals surface area contributed by atoms with Crippen LogP contribution in [0.15, 0.2) is 70.6 Å². The minimum absolute atomic E-state index is 0.0549. The summed E-state index contributed by atoms with van der Waals surface area (Å²) < 4.78 is 12.8. The Bertz CT molecular complexity index is 895. The lowest BCUT2D eigenvalue weighted by atomic mass is 9.93. The predicted molar refractivity (Wildman–Crippen MR) is 127 cm³/mol. The van der Waals surface area contributed by atoms with Crippen molar-refractivity contribution >= 4 is 11.8 Å². The average Bonchev–Trinajstić information content (AvgIpc) is 3.19. The summed E-state index contributed by atoms with van der Waals surface area (Å²) in [5.74, 6) is 1.43. The summed E-state index contributed by atoms with van der Waals surface area (Å²) in [4.78, 5) is 10.1. The zero-order valence-corrected chi connectivity index (χ0v) is 19.6. The normalized spacial score (nSPS) is 24.2. The van der Waals surface area contributed by atoms with E-state index >= 15 is 0 Å². The number of nitrogens with zero attached hydrogens (tertiary/aromatic N) is 2. The van der Waals surface area contributed by atoms with Gasteiger partial charge >= 0.3 is 0 Å². The number of benzene rings is 2. The van der Waals surface area contributed by atoms with Gasteiger partial charge in [0.25, 0.3) is 0 Å². The average molecular weight is 419 g/mol. The molecule has 31 heavy (non-hydrogen) atoms. The summed E-state index contributed by atoms with van der Waals surface area (Å²) in [5.41, 5.74) is 1.27. The fourth-order valence-corrected chi connectivity index (χ4v) is 4.21. The van der Waals surface area contributed by atoms with Crippen molar-refractivity contribution in [3.8, 4) is 0 Å². The van der Waals surface area contributed by atoms with E-state index in [1.165, 1.54) is 11.1 Å². The van der Waals surface area contributed by atoms with Crippen molar-refractivity contribution in [3.63, 3.8) is 0 Å². The molecule has 4 rings (SSSR count). The Balaban J connectivity index is 1.57. The number of rotatable bonds is 6. The second-order valence-corrected chi connectivity index (χ2v) is 10.3. The molecule has 2 aliphatic heterocycles. The summed E-state index contributed by atoms with van der Waals surface area (Å²) in [7, 11) is 0. The van der Waals surface area contributed by atoms with Gasteiger partial charge in [-0.3, -0.25) is 0 Å². The van der Waals surface area contributed by atoms with Gasteiger partial charge in [-0.05, 0) is 65.5 Å². The Hall–Kier alpha value is -2.62. The standard InChI is InChI=1S/C27H34N2O2/c1-25(2,23-28-21(26(3,4)30-23)17-19-13-9-7-10-14-19)24-29-22(27(5,6)31-24)18-20-15-11-8-12-16-20/h7-16,21-22H,17-18H2,1-6H3/t21-,22-/m0/s1. The Morgan fingerprint density at radius 1 is 0.677 bits per heavy atom. The molecule has 0 saturated heterocycles. The number of hydrogen-bond donors (Lipinski definition) is 0. The van der Waals surface area contributed by atoms with E-state index in [2.05, 4.69) is 90.1 Å². The molecule has 0 saturated carbocycles. The van der Waals surface area contributed by atoms with Gasteiger partial charge in [-0.25, -0.2) is 9.98 Å². The monoisotopic (exact) mass is 418 g/mol. The van der Waals surface area contributed by atoms with E-state index in [0.717, 1.165) is 12.8 Å². The summed E-state index contributed by atoms with van der Waals surface area (Å²) in [6.45, 7) is 12.7. The first-order valence-corrected chi connectivity index (χ1v) is 11.2. The smallest absolute Gasteiger partial charge is 0.199 e. The summed E-state index contributed by atoms with van der Waals surface area (Å²) in [6.07, 6.45) is 1.70. The Morgan fingerprint density at radius 3 is 1.39 bits per heavy atom. The van der Waals surface area contributed by atoms with E-state index in [1.807, 2.05) is 12.1 Å². The van der Waals surface area contributed by atoms with Crippen molar-refractivity contribution in [1.29, 1.82) is 0 Å². The van der Waals surface area contributed by atoms with E-state index in [4.69, 9.17) is 19.5 Å². The van der Waals surface area contributed by atoms with Crippen LogP contribution >= 0.6 is 0 Å². The Morgan fingerprint density at radius 2 is 1.03 bits per heavy atom. The van der Waals surface area contributed by atoms with Crippen molar-refractivity contribution in [2.75, 3.05) is 0 Å². The molecule has 4 heteroatoms. The highest BCUT2D eigenvalue weighted by Crippen LogP contribution is 2.39. The van der Waals surface area contributed by atoms with Gasteiger partial charge in [0, 0.05) is 0 Å². The molecule has 2 heterocycles. The summed E-state index contributed by atoms with van der Waals surface area (Å²) >= 11 is 0. The van der Waals surface area contributed by atoms with Crippen LogP contribution in [0.5, 0.6) is 0 Å². The number of aliphatic imine (C=N–C) groups is 2. The maximum absolute atomic E-state index is 6.42. The van der Waals surface area contributed by atoms with Gasteiger partial charge in [-0.15, -0.1) is 0 Å². The van der Waals surface area contributed by atoms with E-state index in [9.17, 15) is 0 Å². The van der Waals surface area contributed by atoms with Crippen molar-refractivity contribution in [2.45, 2.75) is 77.7 Å². The highest BCUT2D eigenvalue weighted by molar-refractivity contribution is 6.06. The Labute approximate surface area is 186 Å².